The average Bonchev–Trinajstić information content (AvgIpc) is 2.94. The fourth-order valence-electron chi connectivity index (χ4n) is 3.13. The molecular weight excluding hydrogens is 262 g/mol. The molecule has 1 N–H and O–H groups in total. The number of hydrogen-bond acceptors (Lipinski definition) is 3. The highest BCUT2D eigenvalue weighted by Gasteiger charge is 2.26. The molecule has 1 aromatic rings. The summed E-state index contributed by atoms with van der Waals surface area (Å²) < 4.78 is 11.7. The zero-order chi connectivity index (χ0) is 14.9. The Kier molecular flexibility index (Phi) is 6.87. The lowest BCUT2D eigenvalue weighted by atomic mass is 10.00. The summed E-state index contributed by atoms with van der Waals surface area (Å²) in [5, 5.41) is 3.60. The molecular formula is C18H29NO2. The van der Waals surface area contributed by atoms with E-state index in [1.54, 1.807) is 0 Å². The van der Waals surface area contributed by atoms with Crippen molar-refractivity contribution in [2.75, 3.05) is 19.8 Å². The van der Waals surface area contributed by atoms with Gasteiger partial charge in [0.25, 0.3) is 0 Å². The molecule has 0 aromatic heterocycles. The van der Waals surface area contributed by atoms with Crippen LogP contribution < -0.4 is 14.8 Å². The molecule has 0 bridgehead atoms. The third-order valence-electron chi connectivity index (χ3n) is 4.18. The lowest BCUT2D eigenvalue weighted by Gasteiger charge is -2.20. The average molecular weight is 291 g/mol. The molecule has 2 unspecified atom stereocenters. The van der Waals surface area contributed by atoms with E-state index >= 15 is 0 Å². The first kappa shape index (κ1) is 16.2. The normalized spacial score (nSPS) is 21.4. The molecule has 3 nitrogen and oxygen atoms in total. The van der Waals surface area contributed by atoms with Gasteiger partial charge in [0.05, 0.1) is 13.2 Å². The van der Waals surface area contributed by atoms with Gasteiger partial charge in [-0.25, -0.2) is 0 Å². The van der Waals surface area contributed by atoms with Crippen LogP contribution in [0.5, 0.6) is 11.5 Å². The van der Waals surface area contributed by atoms with Crippen molar-refractivity contribution in [1.29, 1.82) is 0 Å². The summed E-state index contributed by atoms with van der Waals surface area (Å²) in [6.45, 7) is 6.89. The molecule has 0 saturated heterocycles. The highest BCUT2D eigenvalue weighted by Crippen LogP contribution is 2.30. The van der Waals surface area contributed by atoms with Gasteiger partial charge in [-0.2, -0.15) is 0 Å². The summed E-state index contributed by atoms with van der Waals surface area (Å²) in [7, 11) is 0. The van der Waals surface area contributed by atoms with Crippen molar-refractivity contribution in [1.82, 2.24) is 5.32 Å². The van der Waals surface area contributed by atoms with Gasteiger partial charge in [0, 0.05) is 6.04 Å². The molecule has 2 rings (SSSR count). The van der Waals surface area contributed by atoms with Crippen LogP contribution >= 0.6 is 0 Å². The first-order valence-corrected chi connectivity index (χ1v) is 8.43. The highest BCUT2D eigenvalue weighted by atomic mass is 16.5. The molecule has 1 aliphatic carbocycles. The van der Waals surface area contributed by atoms with Crippen LogP contribution in [-0.2, 0) is 0 Å². The quantitative estimate of drug-likeness (QED) is 0.745. The highest BCUT2D eigenvalue weighted by molar-refractivity contribution is 5.39. The molecule has 118 valence electrons. The molecule has 0 aliphatic heterocycles. The molecule has 1 fully saturated rings. The summed E-state index contributed by atoms with van der Waals surface area (Å²) in [5.41, 5.74) is 0. The third-order valence-corrected chi connectivity index (χ3v) is 4.18. The molecule has 1 aromatic carbocycles. The van der Waals surface area contributed by atoms with Crippen molar-refractivity contribution in [3.05, 3.63) is 24.3 Å². The van der Waals surface area contributed by atoms with Gasteiger partial charge in [0.2, 0.25) is 0 Å². The van der Waals surface area contributed by atoms with E-state index in [2.05, 4.69) is 19.2 Å². The van der Waals surface area contributed by atoms with Crippen molar-refractivity contribution in [3.63, 3.8) is 0 Å². The molecule has 0 heterocycles. The molecule has 0 radical (unpaired) electrons. The van der Waals surface area contributed by atoms with E-state index in [-0.39, 0.29) is 0 Å². The Bertz CT molecular complexity index is 408. The SMILES string of the molecule is CCCOc1ccccc1OCCC1CCCC1NCC. The standard InChI is InChI=1S/C18H29NO2/c1-3-13-20-17-10-5-6-11-18(17)21-14-12-15-8-7-9-16(15)19-4-2/h5-6,10-11,15-16,19H,3-4,7-9,12-14H2,1-2H3. The molecule has 1 aliphatic rings. The minimum Gasteiger partial charge on any atom is -0.490 e. The number of ether oxygens (including phenoxy) is 2. The van der Waals surface area contributed by atoms with Crippen LogP contribution in [-0.4, -0.2) is 25.8 Å². The summed E-state index contributed by atoms with van der Waals surface area (Å²) in [6.07, 6.45) is 6.13. The van der Waals surface area contributed by atoms with Gasteiger partial charge in [-0.15, -0.1) is 0 Å². The molecule has 0 spiro atoms. The number of para-hydroxylation sites is 2. The van der Waals surface area contributed by atoms with Crippen LogP contribution in [0.1, 0.15) is 46.0 Å². The van der Waals surface area contributed by atoms with Gasteiger partial charge in [0.1, 0.15) is 0 Å². The predicted molar refractivity (Wildman–Crippen MR) is 87.1 cm³/mol. The molecule has 1 saturated carbocycles. The lowest BCUT2D eigenvalue weighted by Crippen LogP contribution is -2.32. The second kappa shape index (κ2) is 8.93. The molecule has 3 heteroatoms. The summed E-state index contributed by atoms with van der Waals surface area (Å²) in [6, 6.07) is 8.68. The third kappa shape index (κ3) is 4.92. The first-order valence-electron chi connectivity index (χ1n) is 8.43. The number of benzene rings is 1. The van der Waals surface area contributed by atoms with Gasteiger partial charge >= 0.3 is 0 Å². The van der Waals surface area contributed by atoms with Crippen LogP contribution in [0.3, 0.4) is 0 Å². The summed E-state index contributed by atoms with van der Waals surface area (Å²) in [4.78, 5) is 0. The van der Waals surface area contributed by atoms with Gasteiger partial charge in [0.15, 0.2) is 11.5 Å². The monoisotopic (exact) mass is 291 g/mol. The fourth-order valence-corrected chi connectivity index (χ4v) is 3.13. The van der Waals surface area contributed by atoms with Gasteiger partial charge in [-0.3, -0.25) is 0 Å². The maximum absolute atomic E-state index is 5.97. The Morgan fingerprint density at radius 2 is 1.76 bits per heavy atom. The van der Waals surface area contributed by atoms with Crippen molar-refractivity contribution in [3.8, 4) is 11.5 Å². The first-order chi connectivity index (χ1) is 10.3. The van der Waals surface area contributed by atoms with E-state index in [1.807, 2.05) is 24.3 Å². The van der Waals surface area contributed by atoms with E-state index in [0.29, 0.717) is 6.04 Å². The number of nitrogens with one attached hydrogen (secondary N) is 1. The molecule has 21 heavy (non-hydrogen) atoms. The molecule has 2 atom stereocenters. The van der Waals surface area contributed by atoms with Crippen molar-refractivity contribution in [2.45, 2.75) is 52.0 Å². The zero-order valence-electron chi connectivity index (χ0n) is 13.4. The second-order valence-electron chi connectivity index (χ2n) is 5.79. The maximum atomic E-state index is 5.97. The van der Waals surface area contributed by atoms with E-state index in [4.69, 9.17) is 9.47 Å². The van der Waals surface area contributed by atoms with Crippen molar-refractivity contribution < 1.29 is 9.47 Å². The number of rotatable bonds is 9. The summed E-state index contributed by atoms with van der Waals surface area (Å²) in [5.74, 6) is 2.51. The minimum atomic E-state index is 0.685. The Morgan fingerprint density at radius 1 is 1.05 bits per heavy atom. The smallest absolute Gasteiger partial charge is 0.161 e. The second-order valence-corrected chi connectivity index (χ2v) is 5.79. The van der Waals surface area contributed by atoms with Crippen LogP contribution in [0.2, 0.25) is 0 Å². The van der Waals surface area contributed by atoms with Crippen LogP contribution in [0.15, 0.2) is 24.3 Å². The van der Waals surface area contributed by atoms with E-state index in [0.717, 1.165) is 50.0 Å². The molecule has 0 amide bonds. The van der Waals surface area contributed by atoms with Gasteiger partial charge < -0.3 is 14.8 Å². The Hall–Kier alpha value is -1.22. The van der Waals surface area contributed by atoms with E-state index in [9.17, 15) is 0 Å². The van der Waals surface area contributed by atoms with Crippen LogP contribution in [0.25, 0.3) is 0 Å². The van der Waals surface area contributed by atoms with Gasteiger partial charge in [-0.1, -0.05) is 32.4 Å². The van der Waals surface area contributed by atoms with E-state index < -0.39 is 0 Å². The van der Waals surface area contributed by atoms with Crippen molar-refractivity contribution in [2.24, 2.45) is 5.92 Å². The predicted octanol–water partition coefficient (Wildman–Crippen LogP) is 4.02. The van der Waals surface area contributed by atoms with Crippen LogP contribution in [0, 0.1) is 5.92 Å². The Labute approximate surface area is 129 Å². The maximum Gasteiger partial charge on any atom is 0.161 e. The summed E-state index contributed by atoms with van der Waals surface area (Å²) >= 11 is 0. The topological polar surface area (TPSA) is 30.5 Å². The Morgan fingerprint density at radius 3 is 2.43 bits per heavy atom. The minimum absolute atomic E-state index is 0.685. The van der Waals surface area contributed by atoms with E-state index in [1.165, 1.54) is 19.3 Å². The number of hydrogen-bond donors (Lipinski definition) is 1. The fraction of sp³-hybridized carbons (Fsp3) is 0.667. The van der Waals surface area contributed by atoms with Crippen molar-refractivity contribution >= 4 is 0 Å². The lowest BCUT2D eigenvalue weighted by molar-refractivity contribution is 0.240. The zero-order valence-corrected chi connectivity index (χ0v) is 13.4. The Balaban J connectivity index is 1.80. The van der Waals surface area contributed by atoms with Gasteiger partial charge in [-0.05, 0) is 50.3 Å². The van der Waals surface area contributed by atoms with Crippen LogP contribution in [0.4, 0.5) is 0 Å². The largest absolute Gasteiger partial charge is 0.490 e.